The third-order valence-electron chi connectivity index (χ3n) is 2.96. The maximum absolute atomic E-state index is 11.4. The van der Waals surface area contributed by atoms with Crippen molar-refractivity contribution in [3.8, 4) is 0 Å². The molecule has 92 valence electrons. The second-order valence-corrected chi connectivity index (χ2v) is 4.36. The van der Waals surface area contributed by atoms with Crippen LogP contribution in [-0.2, 0) is 20.9 Å². The lowest BCUT2D eigenvalue weighted by atomic mass is 10.2. The van der Waals surface area contributed by atoms with Crippen molar-refractivity contribution in [1.82, 2.24) is 0 Å². The minimum atomic E-state index is -0.0687. The van der Waals surface area contributed by atoms with Crippen LogP contribution in [0.3, 0.4) is 0 Å². The van der Waals surface area contributed by atoms with Crippen molar-refractivity contribution in [2.24, 2.45) is 11.8 Å². The van der Waals surface area contributed by atoms with E-state index in [1.54, 1.807) is 0 Å². The molecule has 1 saturated carbocycles. The maximum Gasteiger partial charge on any atom is 0.309 e. The SMILES string of the molecule is CCOC(=O)[C@@H]1C[C@@H]1COCc1ccccc1. The van der Waals surface area contributed by atoms with Crippen molar-refractivity contribution in [3.63, 3.8) is 0 Å². The standard InChI is InChI=1S/C14H18O3/c1-2-17-14(15)13-8-12(13)10-16-9-11-6-4-3-5-7-11/h3-7,12-13H,2,8-10H2,1H3/t12-,13-/m1/s1. The van der Waals surface area contributed by atoms with Gasteiger partial charge in [-0.3, -0.25) is 4.79 Å². The van der Waals surface area contributed by atoms with Crippen LogP contribution in [0.2, 0.25) is 0 Å². The summed E-state index contributed by atoms with van der Waals surface area (Å²) in [6.07, 6.45) is 0.910. The lowest BCUT2D eigenvalue weighted by Crippen LogP contribution is -2.09. The largest absolute Gasteiger partial charge is 0.466 e. The highest BCUT2D eigenvalue weighted by atomic mass is 16.5. The first-order chi connectivity index (χ1) is 8.31. The minimum Gasteiger partial charge on any atom is -0.466 e. The van der Waals surface area contributed by atoms with Gasteiger partial charge in [0.2, 0.25) is 0 Å². The smallest absolute Gasteiger partial charge is 0.309 e. The number of rotatable bonds is 6. The molecule has 0 saturated heterocycles. The van der Waals surface area contributed by atoms with Crippen LogP contribution in [0, 0.1) is 11.8 Å². The van der Waals surface area contributed by atoms with Crippen LogP contribution in [0.5, 0.6) is 0 Å². The molecule has 0 N–H and O–H groups in total. The molecule has 17 heavy (non-hydrogen) atoms. The number of hydrogen-bond donors (Lipinski definition) is 0. The Kier molecular flexibility index (Phi) is 4.15. The number of benzene rings is 1. The molecule has 1 aromatic carbocycles. The van der Waals surface area contributed by atoms with Gasteiger partial charge in [-0.1, -0.05) is 30.3 Å². The zero-order valence-corrected chi connectivity index (χ0v) is 10.1. The lowest BCUT2D eigenvalue weighted by molar-refractivity contribution is -0.145. The van der Waals surface area contributed by atoms with E-state index < -0.39 is 0 Å². The predicted octanol–water partition coefficient (Wildman–Crippen LogP) is 2.40. The summed E-state index contributed by atoms with van der Waals surface area (Å²) in [6.45, 7) is 3.57. The lowest BCUT2D eigenvalue weighted by Gasteiger charge is -2.04. The van der Waals surface area contributed by atoms with E-state index in [1.807, 2.05) is 37.3 Å². The van der Waals surface area contributed by atoms with Crippen molar-refractivity contribution in [2.45, 2.75) is 20.0 Å². The average molecular weight is 234 g/mol. The Morgan fingerprint density at radius 1 is 1.35 bits per heavy atom. The van der Waals surface area contributed by atoms with E-state index >= 15 is 0 Å². The highest BCUT2D eigenvalue weighted by Gasteiger charge is 2.44. The first-order valence-corrected chi connectivity index (χ1v) is 6.09. The van der Waals surface area contributed by atoms with Gasteiger partial charge in [0.05, 0.1) is 25.7 Å². The second-order valence-electron chi connectivity index (χ2n) is 4.36. The molecule has 1 aromatic rings. The molecule has 0 spiro atoms. The van der Waals surface area contributed by atoms with Gasteiger partial charge in [0, 0.05) is 0 Å². The highest BCUT2D eigenvalue weighted by molar-refractivity contribution is 5.75. The number of ether oxygens (including phenoxy) is 2. The highest BCUT2D eigenvalue weighted by Crippen LogP contribution is 2.39. The summed E-state index contributed by atoms with van der Waals surface area (Å²) in [5, 5.41) is 0. The molecule has 1 aliphatic rings. The summed E-state index contributed by atoms with van der Waals surface area (Å²) in [5.41, 5.74) is 1.17. The molecule has 0 aromatic heterocycles. The maximum atomic E-state index is 11.4. The minimum absolute atomic E-state index is 0.0687. The van der Waals surface area contributed by atoms with Gasteiger partial charge in [0.1, 0.15) is 0 Å². The predicted molar refractivity (Wildman–Crippen MR) is 64.3 cm³/mol. The molecule has 1 aliphatic carbocycles. The van der Waals surface area contributed by atoms with Gasteiger partial charge in [-0.15, -0.1) is 0 Å². The van der Waals surface area contributed by atoms with Gasteiger partial charge < -0.3 is 9.47 Å². The molecule has 3 heteroatoms. The monoisotopic (exact) mass is 234 g/mol. The summed E-state index contributed by atoms with van der Waals surface area (Å²) in [4.78, 5) is 11.4. The second kappa shape index (κ2) is 5.82. The third-order valence-corrected chi connectivity index (χ3v) is 2.96. The molecule has 0 radical (unpaired) electrons. The first kappa shape index (κ1) is 12.1. The Morgan fingerprint density at radius 3 is 2.82 bits per heavy atom. The van der Waals surface area contributed by atoms with Gasteiger partial charge in [0.15, 0.2) is 0 Å². The fourth-order valence-corrected chi connectivity index (χ4v) is 1.87. The van der Waals surface area contributed by atoms with E-state index in [2.05, 4.69) is 0 Å². The van der Waals surface area contributed by atoms with E-state index in [1.165, 1.54) is 5.56 Å². The molecule has 2 rings (SSSR count). The van der Waals surface area contributed by atoms with Gasteiger partial charge in [-0.2, -0.15) is 0 Å². The molecule has 0 heterocycles. The third kappa shape index (κ3) is 3.56. The molecule has 1 fully saturated rings. The molecule has 0 bridgehead atoms. The van der Waals surface area contributed by atoms with Crippen molar-refractivity contribution in [3.05, 3.63) is 35.9 Å². The summed E-state index contributed by atoms with van der Waals surface area (Å²) in [5.74, 6) is 0.365. The van der Waals surface area contributed by atoms with Crippen molar-refractivity contribution in [2.75, 3.05) is 13.2 Å². The molecule has 0 amide bonds. The van der Waals surface area contributed by atoms with E-state index in [4.69, 9.17) is 9.47 Å². The zero-order valence-electron chi connectivity index (χ0n) is 10.1. The van der Waals surface area contributed by atoms with Crippen LogP contribution < -0.4 is 0 Å². The van der Waals surface area contributed by atoms with E-state index in [0.29, 0.717) is 25.7 Å². The van der Waals surface area contributed by atoms with Crippen LogP contribution in [0.15, 0.2) is 30.3 Å². The fourth-order valence-electron chi connectivity index (χ4n) is 1.87. The Hall–Kier alpha value is -1.35. The summed E-state index contributed by atoms with van der Waals surface area (Å²) in [6, 6.07) is 10.1. The molecule has 3 nitrogen and oxygen atoms in total. The van der Waals surface area contributed by atoms with Gasteiger partial charge >= 0.3 is 5.97 Å². The van der Waals surface area contributed by atoms with Crippen molar-refractivity contribution < 1.29 is 14.3 Å². The van der Waals surface area contributed by atoms with Gasteiger partial charge in [-0.25, -0.2) is 0 Å². The van der Waals surface area contributed by atoms with Crippen LogP contribution in [0.25, 0.3) is 0 Å². The Morgan fingerprint density at radius 2 is 2.12 bits per heavy atom. The molecular weight excluding hydrogens is 216 g/mol. The van der Waals surface area contributed by atoms with Crippen LogP contribution in [0.4, 0.5) is 0 Å². The molecule has 2 atom stereocenters. The van der Waals surface area contributed by atoms with E-state index in [-0.39, 0.29) is 11.9 Å². The Labute approximate surface area is 102 Å². The number of carbonyl (C=O) groups is 1. The topological polar surface area (TPSA) is 35.5 Å². The Balaban J connectivity index is 1.63. The van der Waals surface area contributed by atoms with Gasteiger partial charge in [0.25, 0.3) is 0 Å². The fraction of sp³-hybridized carbons (Fsp3) is 0.500. The first-order valence-electron chi connectivity index (χ1n) is 6.09. The van der Waals surface area contributed by atoms with E-state index in [9.17, 15) is 4.79 Å². The Bertz CT molecular complexity index is 361. The summed E-state index contributed by atoms with van der Waals surface area (Å²) >= 11 is 0. The molecular formula is C14H18O3. The van der Waals surface area contributed by atoms with Crippen molar-refractivity contribution >= 4 is 5.97 Å². The van der Waals surface area contributed by atoms with Gasteiger partial charge in [-0.05, 0) is 24.8 Å². The molecule has 0 unspecified atom stereocenters. The zero-order chi connectivity index (χ0) is 12.1. The molecule has 0 aliphatic heterocycles. The van der Waals surface area contributed by atoms with Crippen molar-refractivity contribution in [1.29, 1.82) is 0 Å². The van der Waals surface area contributed by atoms with Crippen LogP contribution >= 0.6 is 0 Å². The average Bonchev–Trinajstić information content (AvgIpc) is 3.10. The van der Waals surface area contributed by atoms with Crippen LogP contribution in [-0.4, -0.2) is 19.2 Å². The number of hydrogen-bond acceptors (Lipinski definition) is 3. The van der Waals surface area contributed by atoms with E-state index in [0.717, 1.165) is 6.42 Å². The van der Waals surface area contributed by atoms with Crippen LogP contribution in [0.1, 0.15) is 18.9 Å². The summed E-state index contributed by atoms with van der Waals surface area (Å²) in [7, 11) is 0. The number of carbonyl (C=O) groups excluding carboxylic acids is 1. The normalized spacial score (nSPS) is 22.2. The number of esters is 1. The summed E-state index contributed by atoms with van der Waals surface area (Å²) < 4.78 is 10.6. The quantitative estimate of drug-likeness (QED) is 0.709.